The van der Waals surface area contributed by atoms with Crippen LogP contribution in [0.3, 0.4) is 0 Å². The molecule has 4 rings (SSSR count). The molecule has 148 valence electrons. The van der Waals surface area contributed by atoms with E-state index in [0.717, 1.165) is 5.69 Å². The number of anilines is 1. The number of benzene rings is 2. The van der Waals surface area contributed by atoms with Crippen LogP contribution < -0.4 is 5.32 Å². The van der Waals surface area contributed by atoms with E-state index in [1.54, 1.807) is 41.3 Å². The Kier molecular flexibility index (Phi) is 5.44. The van der Waals surface area contributed by atoms with Gasteiger partial charge in [-0.25, -0.2) is 0 Å². The second kappa shape index (κ2) is 8.32. The first-order valence-corrected chi connectivity index (χ1v) is 9.66. The van der Waals surface area contributed by atoms with Crippen LogP contribution >= 0.6 is 0 Å². The summed E-state index contributed by atoms with van der Waals surface area (Å²) in [4.78, 5) is 26.9. The normalized spacial score (nSPS) is 16.4. The highest BCUT2D eigenvalue weighted by Gasteiger charge is 2.22. The van der Waals surface area contributed by atoms with Crippen LogP contribution in [-0.2, 0) is 4.74 Å². The Labute approximate surface area is 169 Å². The lowest BCUT2D eigenvalue weighted by atomic mass is 10.1. The summed E-state index contributed by atoms with van der Waals surface area (Å²) in [5.41, 5.74) is 2.82. The molecule has 1 saturated heterocycles. The van der Waals surface area contributed by atoms with E-state index in [1.165, 1.54) is 0 Å². The van der Waals surface area contributed by atoms with Gasteiger partial charge >= 0.3 is 0 Å². The van der Waals surface area contributed by atoms with Crippen molar-refractivity contribution in [3.05, 3.63) is 84.2 Å². The van der Waals surface area contributed by atoms with Gasteiger partial charge in [-0.2, -0.15) is 0 Å². The molecule has 2 amide bonds. The van der Waals surface area contributed by atoms with Crippen molar-refractivity contribution in [2.75, 3.05) is 25.0 Å². The molecule has 1 fully saturated rings. The quantitative estimate of drug-likeness (QED) is 0.742. The second-order valence-electron chi connectivity index (χ2n) is 7.10. The van der Waals surface area contributed by atoms with E-state index in [-0.39, 0.29) is 17.9 Å². The summed E-state index contributed by atoms with van der Waals surface area (Å²) < 4.78 is 7.46. The average molecular weight is 389 g/mol. The zero-order valence-electron chi connectivity index (χ0n) is 16.2. The van der Waals surface area contributed by atoms with Crippen molar-refractivity contribution < 1.29 is 14.3 Å². The van der Waals surface area contributed by atoms with Crippen molar-refractivity contribution in [2.45, 2.75) is 13.0 Å². The fraction of sp³-hybridized carbons (Fsp3) is 0.217. The molecule has 0 bridgehead atoms. The Bertz CT molecular complexity index is 979. The van der Waals surface area contributed by atoms with Crippen LogP contribution in [-0.4, -0.2) is 47.1 Å². The Morgan fingerprint density at radius 1 is 0.966 bits per heavy atom. The lowest BCUT2D eigenvalue weighted by molar-refractivity contribution is -0.0124. The van der Waals surface area contributed by atoms with Crippen molar-refractivity contribution in [2.24, 2.45) is 0 Å². The third kappa shape index (κ3) is 4.38. The first-order chi connectivity index (χ1) is 14.1. The van der Waals surface area contributed by atoms with Crippen molar-refractivity contribution >= 4 is 17.5 Å². The van der Waals surface area contributed by atoms with Crippen LogP contribution in [0.4, 0.5) is 5.69 Å². The lowest BCUT2D eigenvalue weighted by Gasteiger charge is -2.31. The van der Waals surface area contributed by atoms with Gasteiger partial charge in [-0.1, -0.05) is 0 Å². The molecule has 1 aromatic heterocycles. The first kappa shape index (κ1) is 19.0. The van der Waals surface area contributed by atoms with E-state index in [2.05, 4.69) is 5.32 Å². The summed E-state index contributed by atoms with van der Waals surface area (Å²) in [5.74, 6) is -0.205. The molecule has 2 heterocycles. The van der Waals surface area contributed by atoms with Gasteiger partial charge in [0.25, 0.3) is 11.8 Å². The monoisotopic (exact) mass is 389 g/mol. The topological polar surface area (TPSA) is 63.6 Å². The summed E-state index contributed by atoms with van der Waals surface area (Å²) in [7, 11) is 0. The molecule has 0 aliphatic carbocycles. The van der Waals surface area contributed by atoms with Crippen LogP contribution in [0.2, 0.25) is 0 Å². The van der Waals surface area contributed by atoms with Crippen molar-refractivity contribution in [3.8, 4) is 5.69 Å². The standard InChI is InChI=1S/C23H23N3O3/c1-17-16-26(14-15-29-17)23(28)19-4-8-20(9-5-19)24-22(27)18-6-10-21(11-7-18)25-12-2-3-13-25/h2-13,17H,14-16H2,1H3,(H,24,27). The van der Waals surface area contributed by atoms with Gasteiger partial charge in [0.1, 0.15) is 0 Å². The van der Waals surface area contributed by atoms with Crippen LogP contribution in [0.15, 0.2) is 73.1 Å². The van der Waals surface area contributed by atoms with Gasteiger partial charge in [-0.15, -0.1) is 0 Å². The summed E-state index contributed by atoms with van der Waals surface area (Å²) in [6.45, 7) is 3.71. The maximum Gasteiger partial charge on any atom is 0.255 e. The predicted molar refractivity (Wildman–Crippen MR) is 111 cm³/mol. The third-order valence-corrected chi connectivity index (χ3v) is 4.95. The minimum Gasteiger partial charge on any atom is -0.375 e. The average Bonchev–Trinajstić information content (AvgIpc) is 3.29. The minimum atomic E-state index is -0.190. The maximum absolute atomic E-state index is 12.6. The van der Waals surface area contributed by atoms with E-state index in [4.69, 9.17) is 4.74 Å². The van der Waals surface area contributed by atoms with Crippen LogP contribution in [0.25, 0.3) is 5.69 Å². The predicted octanol–water partition coefficient (Wildman–Crippen LogP) is 3.59. The van der Waals surface area contributed by atoms with Gasteiger partial charge in [0.2, 0.25) is 0 Å². The molecule has 0 saturated carbocycles. The lowest BCUT2D eigenvalue weighted by Crippen LogP contribution is -2.44. The van der Waals surface area contributed by atoms with Crippen molar-refractivity contribution in [1.82, 2.24) is 9.47 Å². The number of aromatic nitrogens is 1. The zero-order chi connectivity index (χ0) is 20.2. The molecule has 6 nitrogen and oxygen atoms in total. The molecule has 2 aromatic carbocycles. The number of carbonyl (C=O) groups is 2. The Morgan fingerprint density at radius 3 is 2.28 bits per heavy atom. The smallest absolute Gasteiger partial charge is 0.255 e. The number of ether oxygens (including phenoxy) is 1. The molecule has 3 aromatic rings. The number of morpholine rings is 1. The van der Waals surface area contributed by atoms with Gasteiger partial charge in [-0.3, -0.25) is 9.59 Å². The largest absolute Gasteiger partial charge is 0.375 e. The van der Waals surface area contributed by atoms with Crippen LogP contribution in [0, 0.1) is 0 Å². The summed E-state index contributed by atoms with van der Waals surface area (Å²) >= 11 is 0. The van der Waals surface area contributed by atoms with E-state index in [1.807, 2.05) is 48.1 Å². The van der Waals surface area contributed by atoms with Crippen LogP contribution in [0.5, 0.6) is 0 Å². The highest BCUT2D eigenvalue weighted by Crippen LogP contribution is 2.16. The third-order valence-electron chi connectivity index (χ3n) is 4.95. The zero-order valence-corrected chi connectivity index (χ0v) is 16.2. The number of hydrogen-bond acceptors (Lipinski definition) is 3. The fourth-order valence-electron chi connectivity index (χ4n) is 3.38. The summed E-state index contributed by atoms with van der Waals surface area (Å²) in [5, 5.41) is 2.87. The number of amides is 2. The number of carbonyl (C=O) groups excluding carboxylic acids is 2. The van der Waals surface area contributed by atoms with Crippen molar-refractivity contribution in [3.63, 3.8) is 0 Å². The Balaban J connectivity index is 1.39. The van der Waals surface area contributed by atoms with Gasteiger partial charge in [0.15, 0.2) is 0 Å². The van der Waals surface area contributed by atoms with E-state index < -0.39 is 0 Å². The first-order valence-electron chi connectivity index (χ1n) is 9.66. The van der Waals surface area contributed by atoms with E-state index in [0.29, 0.717) is 36.5 Å². The minimum absolute atomic E-state index is 0.0152. The highest BCUT2D eigenvalue weighted by atomic mass is 16.5. The molecular formula is C23H23N3O3. The molecule has 0 radical (unpaired) electrons. The summed E-state index contributed by atoms with van der Waals surface area (Å²) in [6, 6.07) is 18.3. The van der Waals surface area contributed by atoms with Crippen molar-refractivity contribution in [1.29, 1.82) is 0 Å². The fourth-order valence-corrected chi connectivity index (χ4v) is 3.38. The molecule has 6 heteroatoms. The van der Waals surface area contributed by atoms with Gasteiger partial charge in [0.05, 0.1) is 12.7 Å². The number of nitrogens with one attached hydrogen (secondary N) is 1. The second-order valence-corrected chi connectivity index (χ2v) is 7.10. The number of rotatable bonds is 4. The molecule has 1 aliphatic heterocycles. The van der Waals surface area contributed by atoms with Gasteiger partial charge in [-0.05, 0) is 67.6 Å². The molecular weight excluding hydrogens is 366 g/mol. The Hall–Kier alpha value is -3.38. The molecule has 1 N–H and O–H groups in total. The van der Waals surface area contributed by atoms with Gasteiger partial charge in [0, 0.05) is 48.0 Å². The van der Waals surface area contributed by atoms with E-state index >= 15 is 0 Å². The molecule has 29 heavy (non-hydrogen) atoms. The highest BCUT2D eigenvalue weighted by molar-refractivity contribution is 6.04. The van der Waals surface area contributed by atoms with E-state index in [9.17, 15) is 9.59 Å². The molecule has 1 atom stereocenters. The Morgan fingerprint density at radius 2 is 1.62 bits per heavy atom. The SMILES string of the molecule is CC1CN(C(=O)c2ccc(NC(=O)c3ccc(-n4cccc4)cc3)cc2)CCO1. The molecule has 1 aliphatic rings. The molecule has 1 unspecified atom stereocenters. The van der Waals surface area contributed by atoms with Gasteiger partial charge < -0.3 is 19.5 Å². The van der Waals surface area contributed by atoms with Crippen LogP contribution in [0.1, 0.15) is 27.6 Å². The maximum atomic E-state index is 12.6. The molecule has 0 spiro atoms. The number of hydrogen-bond donors (Lipinski definition) is 1. The number of nitrogens with zero attached hydrogens (tertiary/aromatic N) is 2. The summed E-state index contributed by atoms with van der Waals surface area (Å²) in [6.07, 6.45) is 3.96.